The fourth-order valence-electron chi connectivity index (χ4n) is 2.03. The van der Waals surface area contributed by atoms with Gasteiger partial charge in [-0.1, -0.05) is 0 Å². The van der Waals surface area contributed by atoms with E-state index >= 15 is 0 Å². The average molecular weight is 255 g/mol. The summed E-state index contributed by atoms with van der Waals surface area (Å²) in [6, 6.07) is 7.47. The minimum absolute atomic E-state index is 0.414. The van der Waals surface area contributed by atoms with Gasteiger partial charge in [-0.2, -0.15) is 0 Å². The summed E-state index contributed by atoms with van der Waals surface area (Å²) in [7, 11) is 3.93. The summed E-state index contributed by atoms with van der Waals surface area (Å²) in [5.74, 6) is 1.27. The fraction of sp³-hybridized carbons (Fsp3) is 0.143. The van der Waals surface area contributed by atoms with Crippen molar-refractivity contribution in [3.05, 3.63) is 42.4 Å². The molecule has 3 rings (SSSR count). The Balaban J connectivity index is 2.31. The van der Waals surface area contributed by atoms with E-state index < -0.39 is 0 Å². The van der Waals surface area contributed by atoms with Gasteiger partial charge < -0.3 is 9.32 Å². The number of carbonyl (C=O) groups excluding carboxylic acids is 1. The zero-order chi connectivity index (χ0) is 13.4. The molecule has 19 heavy (non-hydrogen) atoms. The summed E-state index contributed by atoms with van der Waals surface area (Å²) in [4.78, 5) is 17.4. The molecule has 96 valence electrons. The van der Waals surface area contributed by atoms with E-state index in [2.05, 4.69) is 4.98 Å². The summed E-state index contributed by atoms with van der Waals surface area (Å²) < 4.78 is 7.25. The first-order valence-corrected chi connectivity index (χ1v) is 5.89. The maximum Gasteiger partial charge on any atom is 0.181 e. The molecule has 0 aromatic carbocycles. The number of hydrogen-bond acceptors (Lipinski definition) is 4. The maximum absolute atomic E-state index is 11.1. The molecule has 0 radical (unpaired) electrons. The first-order valence-electron chi connectivity index (χ1n) is 5.89. The lowest BCUT2D eigenvalue weighted by Gasteiger charge is -2.12. The number of fused-ring (bicyclic) bond motifs is 1. The predicted molar refractivity (Wildman–Crippen MR) is 72.6 cm³/mol. The van der Waals surface area contributed by atoms with Gasteiger partial charge in [0.1, 0.15) is 5.69 Å². The van der Waals surface area contributed by atoms with Crippen LogP contribution < -0.4 is 4.90 Å². The van der Waals surface area contributed by atoms with Crippen molar-refractivity contribution in [2.45, 2.75) is 0 Å². The summed E-state index contributed by atoms with van der Waals surface area (Å²) in [6.07, 6.45) is 4.29. The second-order valence-electron chi connectivity index (χ2n) is 4.45. The van der Waals surface area contributed by atoms with Crippen LogP contribution in [-0.2, 0) is 0 Å². The Morgan fingerprint density at radius 1 is 1.32 bits per heavy atom. The Bertz CT molecular complexity index is 727. The number of anilines is 1. The average Bonchev–Trinajstić information content (AvgIpc) is 3.04. The SMILES string of the molecule is CN(C)c1ccc2c(C=O)nc(-c3ccco3)n2c1. The third kappa shape index (κ3) is 1.79. The number of pyridine rings is 1. The van der Waals surface area contributed by atoms with Crippen LogP contribution in [0.2, 0.25) is 0 Å². The highest BCUT2D eigenvalue weighted by atomic mass is 16.3. The number of hydrogen-bond donors (Lipinski definition) is 0. The van der Waals surface area contributed by atoms with Gasteiger partial charge in [-0.05, 0) is 24.3 Å². The molecule has 0 saturated heterocycles. The highest BCUT2D eigenvalue weighted by Gasteiger charge is 2.14. The van der Waals surface area contributed by atoms with E-state index in [9.17, 15) is 4.79 Å². The quantitative estimate of drug-likeness (QED) is 0.675. The molecule has 0 atom stereocenters. The molecule has 3 aromatic heterocycles. The largest absolute Gasteiger partial charge is 0.461 e. The van der Waals surface area contributed by atoms with Crippen LogP contribution >= 0.6 is 0 Å². The van der Waals surface area contributed by atoms with Gasteiger partial charge in [0.2, 0.25) is 0 Å². The summed E-state index contributed by atoms with van der Waals surface area (Å²) >= 11 is 0. The second kappa shape index (κ2) is 4.28. The Hall–Kier alpha value is -2.56. The van der Waals surface area contributed by atoms with Gasteiger partial charge in [0, 0.05) is 20.3 Å². The summed E-state index contributed by atoms with van der Waals surface area (Å²) in [6.45, 7) is 0. The van der Waals surface area contributed by atoms with Crippen molar-refractivity contribution in [3.8, 4) is 11.6 Å². The highest BCUT2D eigenvalue weighted by Crippen LogP contribution is 2.25. The van der Waals surface area contributed by atoms with Gasteiger partial charge in [-0.15, -0.1) is 0 Å². The number of aromatic nitrogens is 2. The summed E-state index contributed by atoms with van der Waals surface area (Å²) in [5, 5.41) is 0. The molecule has 0 fully saturated rings. The van der Waals surface area contributed by atoms with Crippen LogP contribution in [0.5, 0.6) is 0 Å². The van der Waals surface area contributed by atoms with Gasteiger partial charge >= 0.3 is 0 Å². The van der Waals surface area contributed by atoms with Crippen molar-refractivity contribution < 1.29 is 9.21 Å². The van der Waals surface area contributed by atoms with Gasteiger partial charge in [-0.25, -0.2) is 4.98 Å². The molecule has 5 heteroatoms. The molecule has 0 saturated carbocycles. The molecular weight excluding hydrogens is 242 g/mol. The van der Waals surface area contributed by atoms with E-state index in [0.717, 1.165) is 17.5 Å². The van der Waals surface area contributed by atoms with Crippen molar-refractivity contribution in [2.24, 2.45) is 0 Å². The minimum Gasteiger partial charge on any atom is -0.461 e. The third-order valence-electron chi connectivity index (χ3n) is 3.02. The van der Waals surface area contributed by atoms with E-state index in [1.807, 2.05) is 47.8 Å². The van der Waals surface area contributed by atoms with Gasteiger partial charge in [0.05, 0.1) is 17.5 Å². The molecule has 0 spiro atoms. The molecule has 0 aliphatic heterocycles. The number of imidazole rings is 1. The van der Waals surface area contributed by atoms with Crippen molar-refractivity contribution in [1.29, 1.82) is 0 Å². The molecule has 0 aliphatic rings. The molecule has 3 heterocycles. The van der Waals surface area contributed by atoms with Crippen LogP contribution in [0.3, 0.4) is 0 Å². The van der Waals surface area contributed by atoms with E-state index in [1.165, 1.54) is 0 Å². The molecular formula is C14H13N3O2. The van der Waals surface area contributed by atoms with Crippen LogP contribution in [0, 0.1) is 0 Å². The monoisotopic (exact) mass is 255 g/mol. The first kappa shape index (κ1) is 11.5. The molecule has 0 bridgehead atoms. The van der Waals surface area contributed by atoms with E-state index in [-0.39, 0.29) is 0 Å². The number of furan rings is 1. The molecule has 3 aromatic rings. The lowest BCUT2D eigenvalue weighted by atomic mass is 10.3. The molecule has 0 N–H and O–H groups in total. The Kier molecular flexibility index (Phi) is 2.59. The topological polar surface area (TPSA) is 50.8 Å². The normalized spacial score (nSPS) is 10.8. The van der Waals surface area contributed by atoms with Crippen LogP contribution in [0.25, 0.3) is 17.1 Å². The van der Waals surface area contributed by atoms with Crippen molar-refractivity contribution in [3.63, 3.8) is 0 Å². The minimum atomic E-state index is 0.414. The van der Waals surface area contributed by atoms with E-state index in [0.29, 0.717) is 17.3 Å². The molecule has 5 nitrogen and oxygen atoms in total. The fourth-order valence-corrected chi connectivity index (χ4v) is 2.03. The Labute approximate surface area is 110 Å². The lowest BCUT2D eigenvalue weighted by Crippen LogP contribution is -2.09. The van der Waals surface area contributed by atoms with Crippen molar-refractivity contribution >= 4 is 17.5 Å². The van der Waals surface area contributed by atoms with Crippen molar-refractivity contribution in [1.82, 2.24) is 9.38 Å². The highest BCUT2D eigenvalue weighted by molar-refractivity contribution is 5.86. The molecule has 0 aliphatic carbocycles. The number of rotatable bonds is 3. The van der Waals surface area contributed by atoms with Crippen molar-refractivity contribution in [2.75, 3.05) is 19.0 Å². The lowest BCUT2D eigenvalue weighted by molar-refractivity contribution is 0.112. The maximum atomic E-state index is 11.1. The zero-order valence-electron chi connectivity index (χ0n) is 10.7. The smallest absolute Gasteiger partial charge is 0.181 e. The van der Waals surface area contributed by atoms with Gasteiger partial charge in [0.25, 0.3) is 0 Å². The zero-order valence-corrected chi connectivity index (χ0v) is 10.7. The number of aldehydes is 1. The molecule has 0 amide bonds. The van der Waals surface area contributed by atoms with Crippen LogP contribution in [0.4, 0.5) is 5.69 Å². The number of carbonyl (C=O) groups is 1. The number of nitrogens with zero attached hydrogens (tertiary/aromatic N) is 3. The second-order valence-corrected chi connectivity index (χ2v) is 4.45. The standard InChI is InChI=1S/C14H13N3O2/c1-16(2)10-5-6-12-11(9-18)15-14(17(12)8-10)13-4-3-7-19-13/h3-9H,1-2H3. The van der Waals surface area contributed by atoms with Gasteiger partial charge in [-0.3, -0.25) is 9.20 Å². The van der Waals surface area contributed by atoms with E-state index in [1.54, 1.807) is 12.3 Å². The van der Waals surface area contributed by atoms with Crippen LogP contribution in [0.15, 0.2) is 41.1 Å². The summed E-state index contributed by atoms with van der Waals surface area (Å²) in [5.41, 5.74) is 2.21. The van der Waals surface area contributed by atoms with Gasteiger partial charge in [0.15, 0.2) is 17.9 Å². The third-order valence-corrected chi connectivity index (χ3v) is 3.02. The molecule has 0 unspecified atom stereocenters. The first-order chi connectivity index (χ1) is 9.20. The van der Waals surface area contributed by atoms with Crippen LogP contribution in [0.1, 0.15) is 10.5 Å². The Morgan fingerprint density at radius 2 is 2.16 bits per heavy atom. The predicted octanol–water partition coefficient (Wildman–Crippen LogP) is 2.47. The van der Waals surface area contributed by atoms with E-state index in [4.69, 9.17) is 4.42 Å². The Morgan fingerprint density at radius 3 is 2.79 bits per heavy atom. The van der Waals surface area contributed by atoms with Crippen LogP contribution in [-0.4, -0.2) is 29.8 Å².